The Labute approximate surface area is 86.5 Å². The highest BCUT2D eigenvalue weighted by Crippen LogP contribution is 2.24. The van der Waals surface area contributed by atoms with Crippen molar-refractivity contribution < 1.29 is 0 Å². The van der Waals surface area contributed by atoms with Gasteiger partial charge in [-0.2, -0.15) is 11.8 Å². The van der Waals surface area contributed by atoms with Crippen LogP contribution in [0.1, 0.15) is 20.3 Å². The van der Waals surface area contributed by atoms with E-state index >= 15 is 0 Å². The molecule has 0 aliphatic carbocycles. The van der Waals surface area contributed by atoms with E-state index < -0.39 is 0 Å². The minimum Gasteiger partial charge on any atom is -0.316 e. The maximum atomic E-state index is 3.35. The second-order valence-corrected chi connectivity index (χ2v) is 5.99. The molecule has 2 nitrogen and oxygen atoms in total. The number of likely N-dealkylation sites (N-methyl/N-ethyl adjacent to an activating group) is 1. The molecule has 1 N–H and O–H groups in total. The lowest BCUT2D eigenvalue weighted by molar-refractivity contribution is 0.306. The molecule has 0 aromatic carbocycles. The molecular weight excluding hydrogens is 180 g/mol. The summed E-state index contributed by atoms with van der Waals surface area (Å²) in [6, 6.07) is 0.720. The molecule has 78 valence electrons. The standard InChI is InChI=1S/C10H22N2S/c1-10(2,13-4)8-12-6-5-9(7-12)11-3/h9,11H,5-8H2,1-4H3. The zero-order chi connectivity index (χ0) is 9.90. The Hall–Kier alpha value is 0.270. The first-order valence-electron chi connectivity index (χ1n) is 5.02. The molecule has 0 bridgehead atoms. The van der Waals surface area contributed by atoms with Gasteiger partial charge in [-0.3, -0.25) is 0 Å². The molecule has 0 spiro atoms. The van der Waals surface area contributed by atoms with Gasteiger partial charge in [-0.05, 0) is 40.1 Å². The summed E-state index contributed by atoms with van der Waals surface area (Å²) in [7, 11) is 2.06. The first-order valence-corrected chi connectivity index (χ1v) is 6.24. The van der Waals surface area contributed by atoms with Gasteiger partial charge in [0.05, 0.1) is 0 Å². The van der Waals surface area contributed by atoms with Gasteiger partial charge >= 0.3 is 0 Å². The molecule has 0 amide bonds. The maximum absolute atomic E-state index is 3.35. The second-order valence-electron chi connectivity index (χ2n) is 4.47. The average Bonchev–Trinajstić information content (AvgIpc) is 2.52. The molecule has 1 aliphatic heterocycles. The number of rotatable bonds is 4. The Morgan fingerprint density at radius 3 is 2.69 bits per heavy atom. The van der Waals surface area contributed by atoms with Crippen LogP contribution in [-0.4, -0.2) is 48.6 Å². The summed E-state index contributed by atoms with van der Waals surface area (Å²) in [5.74, 6) is 0. The van der Waals surface area contributed by atoms with E-state index in [-0.39, 0.29) is 0 Å². The van der Waals surface area contributed by atoms with Crippen molar-refractivity contribution in [3.63, 3.8) is 0 Å². The first kappa shape index (κ1) is 11.3. The van der Waals surface area contributed by atoms with E-state index in [9.17, 15) is 0 Å². The monoisotopic (exact) mass is 202 g/mol. The summed E-state index contributed by atoms with van der Waals surface area (Å²) in [4.78, 5) is 2.57. The molecule has 1 unspecified atom stereocenters. The molecule has 1 atom stereocenters. The largest absolute Gasteiger partial charge is 0.316 e. The lowest BCUT2D eigenvalue weighted by Crippen LogP contribution is -2.37. The predicted octanol–water partition coefficient (Wildman–Crippen LogP) is 1.42. The third-order valence-corrected chi connectivity index (χ3v) is 4.07. The van der Waals surface area contributed by atoms with Crippen LogP contribution in [0.2, 0.25) is 0 Å². The van der Waals surface area contributed by atoms with E-state index in [1.54, 1.807) is 0 Å². The third kappa shape index (κ3) is 3.49. The third-order valence-electron chi connectivity index (χ3n) is 2.84. The summed E-state index contributed by atoms with van der Waals surface area (Å²) in [5.41, 5.74) is 0. The van der Waals surface area contributed by atoms with Crippen molar-refractivity contribution in [1.29, 1.82) is 0 Å². The highest BCUT2D eigenvalue weighted by molar-refractivity contribution is 7.99. The predicted molar refractivity (Wildman–Crippen MR) is 61.5 cm³/mol. The van der Waals surface area contributed by atoms with Gasteiger partial charge in [-0.1, -0.05) is 0 Å². The van der Waals surface area contributed by atoms with E-state index in [2.05, 4.69) is 37.4 Å². The van der Waals surface area contributed by atoms with E-state index in [1.165, 1.54) is 26.1 Å². The van der Waals surface area contributed by atoms with Crippen LogP contribution in [0.15, 0.2) is 0 Å². The average molecular weight is 202 g/mol. The highest BCUT2D eigenvalue weighted by atomic mass is 32.2. The Bertz CT molecular complexity index is 159. The smallest absolute Gasteiger partial charge is 0.0227 e. The summed E-state index contributed by atoms with van der Waals surface area (Å²) < 4.78 is 0.405. The summed E-state index contributed by atoms with van der Waals surface area (Å²) in [5, 5.41) is 3.35. The Kier molecular flexibility index (Phi) is 4.07. The van der Waals surface area contributed by atoms with Crippen LogP contribution in [-0.2, 0) is 0 Å². The maximum Gasteiger partial charge on any atom is 0.0227 e. The van der Waals surface area contributed by atoms with Crippen LogP contribution < -0.4 is 5.32 Å². The molecule has 3 heteroatoms. The zero-order valence-electron chi connectivity index (χ0n) is 9.26. The van der Waals surface area contributed by atoms with Crippen LogP contribution in [0.5, 0.6) is 0 Å². The van der Waals surface area contributed by atoms with Gasteiger partial charge in [0.1, 0.15) is 0 Å². The lowest BCUT2D eigenvalue weighted by Gasteiger charge is -2.28. The van der Waals surface area contributed by atoms with Gasteiger partial charge in [0.15, 0.2) is 0 Å². The van der Waals surface area contributed by atoms with E-state index in [4.69, 9.17) is 0 Å². The van der Waals surface area contributed by atoms with Crippen LogP contribution in [0, 0.1) is 0 Å². The number of thioether (sulfide) groups is 1. The molecule has 1 heterocycles. The van der Waals surface area contributed by atoms with Crippen molar-refractivity contribution in [1.82, 2.24) is 10.2 Å². The fraction of sp³-hybridized carbons (Fsp3) is 1.00. The molecule has 13 heavy (non-hydrogen) atoms. The van der Waals surface area contributed by atoms with Crippen molar-refractivity contribution in [2.24, 2.45) is 0 Å². The number of hydrogen-bond donors (Lipinski definition) is 1. The van der Waals surface area contributed by atoms with Crippen molar-refractivity contribution >= 4 is 11.8 Å². The number of nitrogens with one attached hydrogen (secondary N) is 1. The molecule has 1 fully saturated rings. The molecule has 0 aromatic rings. The summed E-state index contributed by atoms with van der Waals surface area (Å²) in [6.07, 6.45) is 3.51. The topological polar surface area (TPSA) is 15.3 Å². The van der Waals surface area contributed by atoms with Gasteiger partial charge in [0.2, 0.25) is 0 Å². The van der Waals surface area contributed by atoms with Gasteiger partial charge in [0, 0.05) is 23.9 Å². The quantitative estimate of drug-likeness (QED) is 0.742. The van der Waals surface area contributed by atoms with E-state index in [1.807, 2.05) is 11.8 Å². The molecule has 1 aliphatic rings. The lowest BCUT2D eigenvalue weighted by atomic mass is 10.2. The molecule has 1 rings (SSSR count). The van der Waals surface area contributed by atoms with Gasteiger partial charge in [-0.15, -0.1) is 0 Å². The van der Waals surface area contributed by atoms with Crippen molar-refractivity contribution in [2.45, 2.75) is 31.1 Å². The number of hydrogen-bond acceptors (Lipinski definition) is 3. The highest BCUT2D eigenvalue weighted by Gasteiger charge is 2.26. The fourth-order valence-corrected chi connectivity index (χ4v) is 2.13. The second kappa shape index (κ2) is 4.67. The minimum absolute atomic E-state index is 0.405. The van der Waals surface area contributed by atoms with Crippen molar-refractivity contribution in [2.75, 3.05) is 32.9 Å². The Balaban J connectivity index is 2.31. The minimum atomic E-state index is 0.405. The zero-order valence-corrected chi connectivity index (χ0v) is 10.1. The number of likely N-dealkylation sites (tertiary alicyclic amines) is 1. The normalized spacial score (nSPS) is 25.4. The van der Waals surface area contributed by atoms with Crippen LogP contribution in [0.3, 0.4) is 0 Å². The summed E-state index contributed by atoms with van der Waals surface area (Å²) in [6.45, 7) is 8.34. The molecule has 0 saturated carbocycles. The van der Waals surface area contributed by atoms with Crippen LogP contribution in [0.4, 0.5) is 0 Å². The molecule has 1 saturated heterocycles. The first-order chi connectivity index (χ1) is 6.07. The van der Waals surface area contributed by atoms with Crippen LogP contribution >= 0.6 is 11.8 Å². The molecule has 0 aromatic heterocycles. The SMILES string of the molecule is CNC1CCN(CC(C)(C)SC)C1. The van der Waals surface area contributed by atoms with Crippen molar-refractivity contribution in [3.05, 3.63) is 0 Å². The summed E-state index contributed by atoms with van der Waals surface area (Å²) >= 11 is 1.96. The Morgan fingerprint density at radius 2 is 2.23 bits per heavy atom. The molecule has 0 radical (unpaired) electrons. The number of nitrogens with zero attached hydrogens (tertiary/aromatic N) is 1. The van der Waals surface area contributed by atoms with E-state index in [0.717, 1.165) is 6.04 Å². The van der Waals surface area contributed by atoms with Gasteiger partial charge in [-0.25, -0.2) is 0 Å². The Morgan fingerprint density at radius 1 is 1.54 bits per heavy atom. The molecular formula is C10H22N2S. The van der Waals surface area contributed by atoms with Crippen molar-refractivity contribution in [3.8, 4) is 0 Å². The van der Waals surface area contributed by atoms with Gasteiger partial charge in [0.25, 0.3) is 0 Å². The van der Waals surface area contributed by atoms with Crippen LogP contribution in [0.25, 0.3) is 0 Å². The van der Waals surface area contributed by atoms with E-state index in [0.29, 0.717) is 4.75 Å². The fourth-order valence-electron chi connectivity index (χ4n) is 1.81. The van der Waals surface area contributed by atoms with Gasteiger partial charge < -0.3 is 10.2 Å².